The van der Waals surface area contributed by atoms with Gasteiger partial charge in [-0.05, 0) is 55.5 Å². The van der Waals surface area contributed by atoms with Crippen molar-refractivity contribution in [3.8, 4) is 0 Å². The molecule has 2 fully saturated rings. The molecule has 1 N–H and O–H groups in total. The summed E-state index contributed by atoms with van der Waals surface area (Å²) in [6.45, 7) is 1.17. The number of hydrogen-bond acceptors (Lipinski definition) is 5. The van der Waals surface area contributed by atoms with Crippen LogP contribution in [0, 0.1) is 11.8 Å². The number of amides is 1. The van der Waals surface area contributed by atoms with E-state index in [0.717, 1.165) is 29.8 Å². The second-order valence-corrected chi connectivity index (χ2v) is 11.3. The smallest absolute Gasteiger partial charge is 0.322 e. The van der Waals surface area contributed by atoms with Gasteiger partial charge in [-0.2, -0.15) is 17.9 Å². The van der Waals surface area contributed by atoms with Crippen LogP contribution < -0.4 is 4.72 Å². The molecule has 2 heterocycles. The van der Waals surface area contributed by atoms with Gasteiger partial charge < -0.3 is 4.90 Å². The summed E-state index contributed by atoms with van der Waals surface area (Å²) in [6, 6.07) is 4.81. The number of anilines is 1. The first-order valence-corrected chi connectivity index (χ1v) is 13.0. The van der Waals surface area contributed by atoms with Gasteiger partial charge in [0, 0.05) is 43.0 Å². The first kappa shape index (κ1) is 24.8. The zero-order valence-electron chi connectivity index (χ0n) is 18.6. The minimum atomic E-state index is -4.45. The maximum absolute atomic E-state index is 13.4. The van der Waals surface area contributed by atoms with Gasteiger partial charge in [0.25, 0.3) is 0 Å². The lowest BCUT2D eigenvalue weighted by Gasteiger charge is -2.27. The van der Waals surface area contributed by atoms with Crippen molar-refractivity contribution >= 4 is 33.5 Å². The molecule has 34 heavy (non-hydrogen) atoms. The largest absolute Gasteiger partial charge is 0.416 e. The Hall–Kier alpha value is -2.31. The fourth-order valence-corrected chi connectivity index (χ4v) is 5.65. The maximum Gasteiger partial charge on any atom is 0.416 e. The normalized spacial score (nSPS) is 22.9. The summed E-state index contributed by atoms with van der Waals surface area (Å²) in [5.74, 6) is 0.542. The molecule has 186 valence electrons. The predicted molar refractivity (Wildman–Crippen MR) is 121 cm³/mol. The van der Waals surface area contributed by atoms with E-state index >= 15 is 0 Å². The van der Waals surface area contributed by atoms with Crippen LogP contribution in [0.3, 0.4) is 0 Å². The number of nitrogens with one attached hydrogen (secondary N) is 1. The maximum atomic E-state index is 13.4. The van der Waals surface area contributed by atoms with Crippen molar-refractivity contribution in [1.82, 2.24) is 19.6 Å². The van der Waals surface area contributed by atoms with Gasteiger partial charge in [-0.15, -0.1) is 5.10 Å². The zero-order valence-corrected chi connectivity index (χ0v) is 20.2. The highest BCUT2D eigenvalue weighted by Crippen LogP contribution is 2.41. The fourth-order valence-electron chi connectivity index (χ4n) is 4.97. The van der Waals surface area contributed by atoms with Crippen molar-refractivity contribution in [2.24, 2.45) is 11.8 Å². The van der Waals surface area contributed by atoms with Crippen molar-refractivity contribution in [1.29, 1.82) is 0 Å². The Labute approximate surface area is 200 Å². The zero-order chi connectivity index (χ0) is 24.8. The molecule has 1 saturated heterocycles. The Morgan fingerprint density at radius 2 is 1.88 bits per heavy atom. The Morgan fingerprint density at radius 1 is 1.24 bits per heavy atom. The van der Waals surface area contributed by atoms with Gasteiger partial charge >= 0.3 is 12.2 Å². The van der Waals surface area contributed by atoms with Crippen molar-refractivity contribution in [3.05, 3.63) is 46.6 Å². The SMILES string of the molecule is CN(Cc1cc(Cl)ccc1C(F)(F)F)[C@H]1C[C@@H]2CN(C(=O)n3ccc(NS(C)(=O)=O)n3)C[C@@H]2C1. The molecule has 4 rings (SSSR count). The molecule has 1 amide bonds. The number of carbonyl (C=O) groups is 1. The van der Waals surface area contributed by atoms with E-state index in [1.54, 1.807) is 4.90 Å². The van der Waals surface area contributed by atoms with Crippen molar-refractivity contribution in [2.75, 3.05) is 31.1 Å². The van der Waals surface area contributed by atoms with E-state index in [1.165, 1.54) is 24.4 Å². The number of sulfonamides is 1. The molecule has 1 saturated carbocycles. The summed E-state index contributed by atoms with van der Waals surface area (Å²) in [7, 11) is -1.68. The van der Waals surface area contributed by atoms with E-state index in [-0.39, 0.29) is 46.9 Å². The monoisotopic (exact) mass is 519 g/mol. The van der Waals surface area contributed by atoms with Crippen LogP contribution in [0.2, 0.25) is 5.02 Å². The number of hydrogen-bond donors (Lipinski definition) is 1. The molecular weight excluding hydrogens is 495 g/mol. The minimum absolute atomic E-state index is 0.0659. The van der Waals surface area contributed by atoms with Crippen LogP contribution in [0.1, 0.15) is 24.0 Å². The number of benzene rings is 1. The molecule has 0 bridgehead atoms. The number of carbonyl (C=O) groups excluding carboxylic acids is 1. The molecular formula is C21H25ClF3N5O3S. The van der Waals surface area contributed by atoms with Gasteiger partial charge in [0.1, 0.15) is 0 Å². The van der Waals surface area contributed by atoms with Crippen LogP contribution >= 0.6 is 11.6 Å². The first-order valence-electron chi connectivity index (χ1n) is 10.7. The summed E-state index contributed by atoms with van der Waals surface area (Å²) < 4.78 is 66.2. The summed E-state index contributed by atoms with van der Waals surface area (Å²) >= 11 is 5.95. The number of fused-ring (bicyclic) bond motifs is 1. The van der Waals surface area contributed by atoms with Crippen molar-refractivity contribution < 1.29 is 26.4 Å². The molecule has 2 aliphatic rings. The number of nitrogens with zero attached hydrogens (tertiary/aromatic N) is 4. The van der Waals surface area contributed by atoms with Crippen LogP contribution in [0.5, 0.6) is 0 Å². The Morgan fingerprint density at radius 3 is 2.47 bits per heavy atom. The van der Waals surface area contributed by atoms with Gasteiger partial charge in [0.15, 0.2) is 5.82 Å². The highest BCUT2D eigenvalue weighted by molar-refractivity contribution is 7.92. The van der Waals surface area contributed by atoms with Crippen molar-refractivity contribution in [2.45, 2.75) is 31.6 Å². The molecule has 1 aromatic heterocycles. The number of rotatable bonds is 5. The van der Waals surface area contributed by atoms with E-state index in [9.17, 15) is 26.4 Å². The predicted octanol–water partition coefficient (Wildman–Crippen LogP) is 3.74. The topological polar surface area (TPSA) is 87.5 Å². The lowest BCUT2D eigenvalue weighted by Crippen LogP contribution is -2.36. The minimum Gasteiger partial charge on any atom is -0.322 e. The number of likely N-dealkylation sites (tertiary alicyclic amines) is 1. The lowest BCUT2D eigenvalue weighted by molar-refractivity contribution is -0.138. The molecule has 1 aliphatic carbocycles. The molecule has 3 atom stereocenters. The summed E-state index contributed by atoms with van der Waals surface area (Å²) in [5.41, 5.74) is -0.531. The number of halogens is 4. The van der Waals surface area contributed by atoms with Crippen LogP contribution in [-0.2, 0) is 22.7 Å². The van der Waals surface area contributed by atoms with E-state index < -0.39 is 21.8 Å². The average Bonchev–Trinajstić information content (AvgIpc) is 3.39. The van der Waals surface area contributed by atoms with E-state index in [2.05, 4.69) is 9.82 Å². The summed E-state index contributed by atoms with van der Waals surface area (Å²) in [6.07, 6.45) is -0.500. The van der Waals surface area contributed by atoms with Crippen LogP contribution in [0.15, 0.2) is 30.5 Å². The molecule has 13 heteroatoms. The van der Waals surface area contributed by atoms with Crippen molar-refractivity contribution in [3.63, 3.8) is 0 Å². The van der Waals surface area contributed by atoms with Crippen LogP contribution in [0.25, 0.3) is 0 Å². The highest BCUT2D eigenvalue weighted by Gasteiger charge is 2.44. The fraction of sp³-hybridized carbons (Fsp3) is 0.524. The molecule has 2 aromatic rings. The van der Waals surface area contributed by atoms with Gasteiger partial charge in [0.2, 0.25) is 10.0 Å². The van der Waals surface area contributed by atoms with Gasteiger partial charge in [0.05, 0.1) is 11.8 Å². The molecule has 1 aliphatic heterocycles. The second-order valence-electron chi connectivity index (χ2n) is 9.07. The van der Waals surface area contributed by atoms with Crippen LogP contribution in [0.4, 0.5) is 23.8 Å². The van der Waals surface area contributed by atoms with E-state index in [1.807, 2.05) is 11.9 Å². The number of aromatic nitrogens is 2. The lowest BCUT2D eigenvalue weighted by atomic mass is 10.0. The third-order valence-corrected chi connectivity index (χ3v) is 7.30. The van der Waals surface area contributed by atoms with E-state index in [4.69, 9.17) is 11.6 Å². The second kappa shape index (κ2) is 9.04. The highest BCUT2D eigenvalue weighted by atomic mass is 35.5. The third kappa shape index (κ3) is 5.49. The molecule has 0 radical (unpaired) electrons. The third-order valence-electron chi connectivity index (χ3n) is 6.49. The van der Waals surface area contributed by atoms with Gasteiger partial charge in [-0.25, -0.2) is 13.2 Å². The molecule has 1 aromatic carbocycles. The number of alkyl halides is 3. The van der Waals surface area contributed by atoms with Gasteiger partial charge in [-0.3, -0.25) is 9.62 Å². The Balaban J connectivity index is 1.36. The molecule has 8 nitrogen and oxygen atoms in total. The summed E-state index contributed by atoms with van der Waals surface area (Å²) in [5, 5.41) is 4.25. The van der Waals surface area contributed by atoms with Gasteiger partial charge in [-0.1, -0.05) is 11.6 Å². The molecule has 0 spiro atoms. The average molecular weight is 520 g/mol. The quantitative estimate of drug-likeness (QED) is 0.650. The summed E-state index contributed by atoms with van der Waals surface area (Å²) in [4.78, 5) is 16.4. The standard InChI is InChI=1S/C21H25ClF3N5O3S/c1-28(10-15-7-16(22)3-4-18(15)21(23,24)25)17-8-13-11-29(12-14(13)9-17)20(31)30-6-5-19(26-30)27-34(2,32)33/h3-7,13-14,17H,8-12H2,1-2H3,(H,26,27)/t13-,14+,17+. The Bertz CT molecular complexity index is 1170. The van der Waals surface area contributed by atoms with Crippen LogP contribution in [-0.4, -0.2) is 66.5 Å². The van der Waals surface area contributed by atoms with E-state index in [0.29, 0.717) is 13.1 Å². The Kier molecular flexibility index (Phi) is 6.60. The molecule has 0 unspecified atom stereocenters. The first-order chi connectivity index (χ1) is 15.8.